The highest BCUT2D eigenvalue weighted by Gasteiger charge is 2.36. The van der Waals surface area contributed by atoms with E-state index in [-0.39, 0.29) is 17.1 Å². The topological polar surface area (TPSA) is 153 Å². The number of rotatable bonds is 10. The van der Waals surface area contributed by atoms with Crippen LogP contribution >= 0.6 is 0 Å². The minimum atomic E-state index is -1.19. The van der Waals surface area contributed by atoms with E-state index in [0.717, 1.165) is 38.9 Å². The molecule has 4 rings (SSSR count). The lowest BCUT2D eigenvalue weighted by atomic mass is 9.80. The van der Waals surface area contributed by atoms with Gasteiger partial charge in [-0.3, -0.25) is 10.3 Å². The molecule has 0 aromatic heterocycles. The molecule has 0 atom stereocenters. The zero-order valence-electron chi connectivity index (χ0n) is 25.7. The summed E-state index contributed by atoms with van der Waals surface area (Å²) in [4.78, 5) is 33.4. The van der Waals surface area contributed by atoms with Crippen molar-refractivity contribution >= 4 is 29.3 Å². The van der Waals surface area contributed by atoms with Gasteiger partial charge in [0.05, 0.1) is 17.1 Å². The molecule has 44 heavy (non-hydrogen) atoms. The number of carboxylic acid groups (broad SMARTS) is 2. The lowest BCUT2D eigenvalue weighted by Gasteiger charge is -2.32. The number of nitriles is 1. The molecule has 2 aromatic rings. The predicted molar refractivity (Wildman–Crippen MR) is 171 cm³/mol. The van der Waals surface area contributed by atoms with E-state index in [1.54, 1.807) is 38.1 Å². The van der Waals surface area contributed by atoms with Crippen LogP contribution in [0.5, 0.6) is 0 Å². The fraction of sp³-hybridized carbons (Fsp3) is 0.394. The van der Waals surface area contributed by atoms with E-state index in [9.17, 15) is 25.1 Å². The molecular formula is C33H41N7O4. The lowest BCUT2D eigenvalue weighted by molar-refractivity contribution is -0.133. The van der Waals surface area contributed by atoms with E-state index < -0.39 is 17.9 Å². The predicted octanol–water partition coefficient (Wildman–Crippen LogP) is 4.26. The van der Waals surface area contributed by atoms with Crippen molar-refractivity contribution in [2.45, 2.75) is 44.9 Å². The molecule has 0 spiro atoms. The quantitative estimate of drug-likeness (QED) is 0.0880. The average molecular weight is 600 g/mol. The molecule has 0 radical (unpaired) electrons. The highest BCUT2D eigenvalue weighted by molar-refractivity contribution is 5.99. The molecule has 2 aromatic carbocycles. The summed E-state index contributed by atoms with van der Waals surface area (Å²) < 4.78 is 0. The SMILES string of the molecule is CC1=C(C(=O)O)C(c2cccc(NC(=NCCCN3CCC(c4cccc(N(C)C)c4)CC3)NC#N)c2)C(C(=O)O)=C(C)N1. The molecule has 1 saturated heterocycles. The van der Waals surface area contributed by atoms with Crippen LogP contribution < -0.4 is 20.9 Å². The summed E-state index contributed by atoms with van der Waals surface area (Å²) in [7, 11) is 4.13. The van der Waals surface area contributed by atoms with Crippen LogP contribution in [0.4, 0.5) is 11.4 Å². The number of nitrogens with zero attached hydrogens (tertiary/aromatic N) is 4. The maximum Gasteiger partial charge on any atom is 0.334 e. The van der Waals surface area contributed by atoms with E-state index in [4.69, 9.17) is 0 Å². The van der Waals surface area contributed by atoms with Crippen LogP contribution in [0.15, 0.2) is 76.1 Å². The summed E-state index contributed by atoms with van der Waals surface area (Å²) in [5.41, 5.74) is 4.40. The van der Waals surface area contributed by atoms with Gasteiger partial charge in [-0.2, -0.15) is 5.26 Å². The largest absolute Gasteiger partial charge is 0.478 e. The van der Waals surface area contributed by atoms with Crippen molar-refractivity contribution in [3.8, 4) is 6.19 Å². The summed E-state index contributed by atoms with van der Waals surface area (Å²) in [6, 6.07) is 15.6. The van der Waals surface area contributed by atoms with Gasteiger partial charge in [0.25, 0.3) is 0 Å². The molecule has 0 amide bonds. The van der Waals surface area contributed by atoms with Crippen LogP contribution in [0.25, 0.3) is 0 Å². The van der Waals surface area contributed by atoms with Gasteiger partial charge in [-0.1, -0.05) is 24.3 Å². The first-order valence-corrected chi connectivity index (χ1v) is 14.8. The van der Waals surface area contributed by atoms with Crippen LogP contribution in [0.1, 0.15) is 56.1 Å². The summed E-state index contributed by atoms with van der Waals surface area (Å²) in [5.74, 6) is -2.53. The van der Waals surface area contributed by atoms with Gasteiger partial charge in [-0.05, 0) is 94.1 Å². The van der Waals surface area contributed by atoms with Crippen molar-refractivity contribution in [1.82, 2.24) is 15.5 Å². The Hall–Kier alpha value is -4.82. The maximum atomic E-state index is 12.1. The number of hydrogen-bond acceptors (Lipinski definition) is 7. The van der Waals surface area contributed by atoms with Gasteiger partial charge in [0.1, 0.15) is 0 Å². The number of benzene rings is 2. The van der Waals surface area contributed by atoms with E-state index in [2.05, 4.69) is 69.1 Å². The monoisotopic (exact) mass is 599 g/mol. The van der Waals surface area contributed by atoms with Crippen molar-refractivity contribution < 1.29 is 19.8 Å². The first-order valence-electron chi connectivity index (χ1n) is 14.8. The first-order chi connectivity index (χ1) is 21.1. The Morgan fingerprint density at radius 2 is 1.66 bits per heavy atom. The third-order valence-electron chi connectivity index (χ3n) is 8.23. The number of hydrogen-bond donors (Lipinski definition) is 5. The van der Waals surface area contributed by atoms with Crippen molar-refractivity contribution in [2.24, 2.45) is 4.99 Å². The van der Waals surface area contributed by atoms with Crippen molar-refractivity contribution in [3.05, 3.63) is 82.2 Å². The number of nitrogens with one attached hydrogen (secondary N) is 3. The molecule has 0 bridgehead atoms. The fourth-order valence-electron chi connectivity index (χ4n) is 6.02. The number of carbonyl (C=O) groups is 2. The number of likely N-dealkylation sites (tertiary alicyclic amines) is 1. The molecule has 232 valence electrons. The van der Waals surface area contributed by atoms with Crippen LogP contribution in [0, 0.1) is 11.5 Å². The van der Waals surface area contributed by atoms with E-state index in [1.807, 2.05) is 6.19 Å². The zero-order chi connectivity index (χ0) is 31.8. The van der Waals surface area contributed by atoms with Gasteiger partial charge in [-0.15, -0.1) is 0 Å². The maximum absolute atomic E-state index is 12.1. The number of aliphatic carboxylic acids is 2. The van der Waals surface area contributed by atoms with Crippen molar-refractivity contribution in [2.75, 3.05) is 50.5 Å². The van der Waals surface area contributed by atoms with Gasteiger partial charge in [0.2, 0.25) is 5.96 Å². The van der Waals surface area contributed by atoms with Crippen LogP contribution in [0.2, 0.25) is 0 Å². The molecule has 11 nitrogen and oxygen atoms in total. The fourth-order valence-corrected chi connectivity index (χ4v) is 6.02. The number of piperidine rings is 1. The van der Waals surface area contributed by atoms with Crippen LogP contribution in [-0.4, -0.2) is 73.3 Å². The van der Waals surface area contributed by atoms with Gasteiger partial charge >= 0.3 is 11.9 Å². The number of carboxylic acids is 2. The number of guanidine groups is 1. The minimum Gasteiger partial charge on any atom is -0.478 e. The second-order valence-corrected chi connectivity index (χ2v) is 11.4. The molecule has 2 heterocycles. The number of anilines is 2. The minimum absolute atomic E-state index is 0.0275. The second kappa shape index (κ2) is 14.6. The Labute approximate surface area is 258 Å². The number of allylic oxidation sites excluding steroid dienone is 2. The lowest BCUT2D eigenvalue weighted by Crippen LogP contribution is -2.34. The smallest absolute Gasteiger partial charge is 0.334 e. The van der Waals surface area contributed by atoms with E-state index in [0.29, 0.717) is 35.1 Å². The number of dihydropyridines is 1. The number of aliphatic imine (C=N–C) groups is 1. The molecule has 1 fully saturated rings. The molecule has 2 aliphatic rings. The molecular weight excluding hydrogens is 558 g/mol. The third-order valence-corrected chi connectivity index (χ3v) is 8.23. The van der Waals surface area contributed by atoms with Crippen molar-refractivity contribution in [1.29, 1.82) is 5.26 Å². The van der Waals surface area contributed by atoms with Crippen LogP contribution in [0.3, 0.4) is 0 Å². The molecule has 0 aliphatic carbocycles. The normalized spacial score (nSPS) is 16.8. The van der Waals surface area contributed by atoms with E-state index >= 15 is 0 Å². The Kier molecular flexibility index (Phi) is 10.6. The molecule has 0 unspecified atom stereocenters. The van der Waals surface area contributed by atoms with E-state index in [1.165, 1.54) is 11.3 Å². The molecule has 2 aliphatic heterocycles. The summed E-state index contributed by atoms with van der Waals surface area (Å²) >= 11 is 0. The van der Waals surface area contributed by atoms with Crippen LogP contribution in [-0.2, 0) is 9.59 Å². The third kappa shape index (κ3) is 7.76. The highest BCUT2D eigenvalue weighted by Crippen LogP contribution is 2.39. The zero-order valence-corrected chi connectivity index (χ0v) is 25.7. The Bertz CT molecular complexity index is 1480. The average Bonchev–Trinajstić information content (AvgIpc) is 2.99. The Morgan fingerprint density at radius 3 is 2.27 bits per heavy atom. The van der Waals surface area contributed by atoms with Crippen molar-refractivity contribution in [3.63, 3.8) is 0 Å². The first kappa shape index (κ1) is 32.1. The highest BCUT2D eigenvalue weighted by atomic mass is 16.4. The summed E-state index contributed by atoms with van der Waals surface area (Å²) in [5, 5.41) is 37.7. The standard InChI is InChI=1S/C33H41N7O4/c1-21-28(31(41)42)30(29(32(43)44)22(2)37-21)25-9-5-10-26(18-25)38-33(36-20-34)35-14-7-15-40-16-12-23(13-17-40)24-8-6-11-27(19-24)39(3)4/h5-6,8-11,18-19,23,30,37H,7,12-17H2,1-4H3,(H,41,42)(H,43,44)(H2,35,36,38). The van der Waals surface area contributed by atoms with Gasteiger partial charge in [0, 0.05) is 43.4 Å². The molecule has 11 heteroatoms. The summed E-state index contributed by atoms with van der Waals surface area (Å²) in [6.45, 7) is 6.72. The Balaban J connectivity index is 1.37. The molecule has 5 N–H and O–H groups in total. The second-order valence-electron chi connectivity index (χ2n) is 11.4. The van der Waals surface area contributed by atoms with Gasteiger partial charge in [0.15, 0.2) is 6.19 Å². The van der Waals surface area contributed by atoms with Gasteiger partial charge in [-0.25, -0.2) is 9.59 Å². The van der Waals surface area contributed by atoms with Gasteiger partial charge < -0.3 is 30.6 Å². The summed E-state index contributed by atoms with van der Waals surface area (Å²) in [6.07, 6.45) is 4.97. The Morgan fingerprint density at radius 1 is 1.02 bits per heavy atom. The molecule has 0 saturated carbocycles.